The first-order valence-electron chi connectivity index (χ1n) is 10.4. The quantitative estimate of drug-likeness (QED) is 0.464. The van der Waals surface area contributed by atoms with Gasteiger partial charge >= 0.3 is 0 Å². The maximum atomic E-state index is 11.2. The maximum absolute atomic E-state index is 11.2. The largest absolute Gasteiger partial charge is 0.497 e. The van der Waals surface area contributed by atoms with Crippen molar-refractivity contribution in [3.8, 4) is 16.9 Å². The first-order chi connectivity index (χ1) is 14.6. The molecule has 2 aromatic rings. The number of aliphatic hydroxyl groups excluding tert-OH is 1. The van der Waals surface area contributed by atoms with E-state index < -0.39 is 5.41 Å². The molecule has 2 rings (SSSR count). The lowest BCUT2D eigenvalue weighted by Gasteiger charge is -2.17. The predicted octanol–water partition coefficient (Wildman–Crippen LogP) is 5.78. The highest BCUT2D eigenvalue weighted by Gasteiger charge is 2.30. The van der Waals surface area contributed by atoms with Crippen molar-refractivity contribution in [2.24, 2.45) is 5.41 Å². The number of carbonyl (C=O) groups is 3. The molecule has 0 spiro atoms. The number of benzene rings is 2. The van der Waals surface area contributed by atoms with Crippen LogP contribution in [0.5, 0.6) is 5.75 Å². The summed E-state index contributed by atoms with van der Waals surface area (Å²) in [6.07, 6.45) is 0.437. The van der Waals surface area contributed by atoms with Crippen LogP contribution in [0.2, 0.25) is 0 Å². The average Bonchev–Trinajstić information content (AvgIpc) is 2.81. The highest BCUT2D eigenvalue weighted by Crippen LogP contribution is 2.22. The van der Waals surface area contributed by atoms with Crippen molar-refractivity contribution in [3.05, 3.63) is 54.1 Å². The fourth-order valence-electron chi connectivity index (χ4n) is 2.32. The number of ether oxygens (including phenoxy) is 1. The third-order valence-corrected chi connectivity index (χ3v) is 4.61. The normalized spacial score (nSPS) is 9.48. The van der Waals surface area contributed by atoms with Gasteiger partial charge in [0.05, 0.1) is 12.5 Å². The monoisotopic (exact) mass is 430 g/mol. The Morgan fingerprint density at radius 2 is 1.23 bits per heavy atom. The lowest BCUT2D eigenvalue weighted by atomic mass is 9.83. The summed E-state index contributed by atoms with van der Waals surface area (Å²) >= 11 is 0. The molecule has 2 aromatic carbocycles. The molecule has 0 atom stereocenters. The SMILES string of the molecule is CC.CCC(=O)C(C)(C)C(C)=O.CO.COc1ccc(-c2ccc(C(C)=O)cc2)cc1. The molecule has 5 nitrogen and oxygen atoms in total. The topological polar surface area (TPSA) is 80.7 Å². The average molecular weight is 431 g/mol. The van der Waals surface area contributed by atoms with Gasteiger partial charge in [-0.1, -0.05) is 57.2 Å². The summed E-state index contributed by atoms with van der Waals surface area (Å²) in [7, 11) is 2.65. The third kappa shape index (κ3) is 10.2. The van der Waals surface area contributed by atoms with Crippen LogP contribution in [0.1, 0.15) is 65.2 Å². The molecule has 172 valence electrons. The van der Waals surface area contributed by atoms with E-state index in [4.69, 9.17) is 9.84 Å². The van der Waals surface area contributed by atoms with Gasteiger partial charge in [-0.3, -0.25) is 14.4 Å². The molecule has 31 heavy (non-hydrogen) atoms. The van der Waals surface area contributed by atoms with Crippen molar-refractivity contribution < 1.29 is 24.2 Å². The van der Waals surface area contributed by atoms with Gasteiger partial charge in [-0.25, -0.2) is 0 Å². The van der Waals surface area contributed by atoms with E-state index in [9.17, 15) is 14.4 Å². The summed E-state index contributed by atoms with van der Waals surface area (Å²) in [5, 5.41) is 7.00. The lowest BCUT2D eigenvalue weighted by Crippen LogP contribution is -2.30. The number of methoxy groups -OCH3 is 1. The van der Waals surface area contributed by atoms with Crippen LogP contribution in [0.25, 0.3) is 11.1 Å². The first-order valence-corrected chi connectivity index (χ1v) is 10.4. The second kappa shape index (κ2) is 16.0. The van der Waals surface area contributed by atoms with Crippen LogP contribution >= 0.6 is 0 Å². The van der Waals surface area contributed by atoms with Gasteiger partial charge in [0.25, 0.3) is 0 Å². The van der Waals surface area contributed by atoms with E-state index >= 15 is 0 Å². The summed E-state index contributed by atoms with van der Waals surface area (Å²) in [4.78, 5) is 33.1. The smallest absolute Gasteiger partial charge is 0.159 e. The molecule has 0 saturated heterocycles. The molecule has 0 bridgehead atoms. The Bertz CT molecular complexity index is 788. The Labute approximate surface area is 187 Å². The van der Waals surface area contributed by atoms with Gasteiger partial charge in [-0.15, -0.1) is 0 Å². The van der Waals surface area contributed by atoms with Gasteiger partial charge in [0.1, 0.15) is 17.3 Å². The molecule has 0 heterocycles. The van der Waals surface area contributed by atoms with Crippen LogP contribution < -0.4 is 4.74 Å². The van der Waals surface area contributed by atoms with Crippen molar-refractivity contribution in [3.63, 3.8) is 0 Å². The second-order valence-corrected chi connectivity index (χ2v) is 6.82. The molecule has 0 radical (unpaired) electrons. The van der Waals surface area contributed by atoms with Crippen LogP contribution in [0.15, 0.2) is 48.5 Å². The zero-order chi connectivity index (χ0) is 24.6. The minimum absolute atomic E-state index is 0.0139. The molecule has 0 saturated carbocycles. The van der Waals surface area contributed by atoms with Crippen molar-refractivity contribution in [1.82, 2.24) is 0 Å². The number of hydrogen-bond donors (Lipinski definition) is 1. The molecule has 0 aromatic heterocycles. The highest BCUT2D eigenvalue weighted by molar-refractivity contribution is 6.05. The van der Waals surface area contributed by atoms with Gasteiger partial charge in [-0.05, 0) is 51.0 Å². The fourth-order valence-corrected chi connectivity index (χ4v) is 2.32. The number of rotatable bonds is 6. The van der Waals surface area contributed by atoms with Gasteiger partial charge in [-0.2, -0.15) is 0 Å². The van der Waals surface area contributed by atoms with E-state index in [1.54, 1.807) is 34.8 Å². The Morgan fingerprint density at radius 3 is 1.48 bits per heavy atom. The Kier molecular flexibility index (Phi) is 15.7. The highest BCUT2D eigenvalue weighted by atomic mass is 16.5. The number of ketones is 3. The summed E-state index contributed by atoms with van der Waals surface area (Å²) in [6.45, 7) is 12.1. The molecule has 1 N–H and O–H groups in total. The van der Waals surface area contributed by atoms with Crippen molar-refractivity contribution >= 4 is 17.3 Å². The van der Waals surface area contributed by atoms with Gasteiger partial charge < -0.3 is 9.84 Å². The van der Waals surface area contributed by atoms with E-state index in [-0.39, 0.29) is 17.3 Å². The molecule has 0 aliphatic heterocycles. The van der Waals surface area contributed by atoms with Crippen molar-refractivity contribution in [1.29, 1.82) is 0 Å². The molecular weight excluding hydrogens is 392 g/mol. The van der Waals surface area contributed by atoms with E-state index in [2.05, 4.69) is 0 Å². The van der Waals surface area contributed by atoms with E-state index in [0.29, 0.717) is 6.42 Å². The number of Topliss-reactive ketones (excluding diaryl/α,β-unsaturated/α-hetero) is 3. The van der Waals surface area contributed by atoms with Crippen LogP contribution in [0.3, 0.4) is 0 Å². The molecule has 0 aliphatic rings. The Balaban J connectivity index is 0. The standard InChI is InChI=1S/C15H14O2.C8H14O2.C2H6.CH4O/c1-11(16)12-3-5-13(6-4-12)14-7-9-15(17-2)10-8-14;1-5-7(10)8(3,4)6(2)9;2*1-2/h3-10H,1-2H3;5H2,1-4H3;1-2H3;2H,1H3. The number of carbonyl (C=O) groups excluding carboxylic acids is 3. The molecule has 0 aliphatic carbocycles. The Morgan fingerprint density at radius 1 is 0.839 bits per heavy atom. The van der Waals surface area contributed by atoms with Gasteiger partial charge in [0.2, 0.25) is 0 Å². The van der Waals surface area contributed by atoms with Gasteiger partial charge in [0.15, 0.2) is 5.78 Å². The summed E-state index contributed by atoms with van der Waals surface area (Å²) in [6, 6.07) is 15.5. The van der Waals surface area contributed by atoms with Crippen LogP contribution in [-0.2, 0) is 9.59 Å². The van der Waals surface area contributed by atoms with Crippen molar-refractivity contribution in [2.75, 3.05) is 14.2 Å². The molecule has 0 fully saturated rings. The summed E-state index contributed by atoms with van der Waals surface area (Å²) < 4.78 is 5.11. The van der Waals surface area contributed by atoms with Crippen LogP contribution in [0.4, 0.5) is 0 Å². The zero-order valence-corrected chi connectivity index (χ0v) is 20.4. The molecular formula is C26H38O5. The van der Waals surface area contributed by atoms with Gasteiger partial charge in [0, 0.05) is 19.1 Å². The van der Waals surface area contributed by atoms with Crippen LogP contribution in [-0.4, -0.2) is 36.7 Å². The summed E-state index contributed by atoms with van der Waals surface area (Å²) in [5.74, 6) is 0.889. The molecule has 0 amide bonds. The summed E-state index contributed by atoms with van der Waals surface area (Å²) in [5.41, 5.74) is 2.18. The maximum Gasteiger partial charge on any atom is 0.159 e. The minimum atomic E-state index is -0.769. The minimum Gasteiger partial charge on any atom is -0.497 e. The second-order valence-electron chi connectivity index (χ2n) is 6.82. The van der Waals surface area contributed by atoms with E-state index in [0.717, 1.165) is 29.5 Å². The Hall–Kier alpha value is -2.79. The zero-order valence-electron chi connectivity index (χ0n) is 20.4. The van der Waals surface area contributed by atoms with E-state index in [1.165, 1.54) is 6.92 Å². The third-order valence-electron chi connectivity index (χ3n) is 4.61. The lowest BCUT2D eigenvalue weighted by molar-refractivity contribution is -0.137. The fraction of sp³-hybridized carbons (Fsp3) is 0.423. The predicted molar refractivity (Wildman–Crippen MR) is 128 cm³/mol. The number of aliphatic hydroxyl groups is 1. The van der Waals surface area contributed by atoms with Crippen molar-refractivity contribution in [2.45, 2.75) is 54.9 Å². The van der Waals surface area contributed by atoms with Crippen LogP contribution in [0, 0.1) is 5.41 Å². The molecule has 0 unspecified atom stereocenters. The first kappa shape index (κ1) is 30.4. The number of hydrogen-bond acceptors (Lipinski definition) is 5. The molecule has 5 heteroatoms. The van der Waals surface area contributed by atoms with E-state index in [1.807, 2.05) is 62.4 Å².